The zero-order chi connectivity index (χ0) is 18.6. The van der Waals surface area contributed by atoms with E-state index in [1.807, 2.05) is 51.3 Å². The van der Waals surface area contributed by atoms with Crippen LogP contribution in [-0.2, 0) is 0 Å². The van der Waals surface area contributed by atoms with Gasteiger partial charge >= 0.3 is 0 Å². The highest BCUT2D eigenvalue weighted by Gasteiger charge is 2.07. The van der Waals surface area contributed by atoms with E-state index >= 15 is 0 Å². The first kappa shape index (κ1) is 19.6. The van der Waals surface area contributed by atoms with Gasteiger partial charge in [-0.25, -0.2) is 4.99 Å². The van der Waals surface area contributed by atoms with Crippen molar-refractivity contribution in [2.45, 2.75) is 0 Å². The summed E-state index contributed by atoms with van der Waals surface area (Å²) in [5.41, 5.74) is 2.99. The summed E-state index contributed by atoms with van der Waals surface area (Å²) >= 11 is 18.8. The van der Waals surface area contributed by atoms with Crippen LogP contribution in [0.3, 0.4) is 0 Å². The van der Waals surface area contributed by atoms with Crippen LogP contribution in [0.2, 0.25) is 15.1 Å². The van der Waals surface area contributed by atoms with Crippen LogP contribution in [-0.4, -0.2) is 45.6 Å². The SMILES string of the molecule is CN(C)C=Nc1c(Cl)cc(N=Cc2ccc(N(C)C)cc2Cl)cc1Cl. The summed E-state index contributed by atoms with van der Waals surface area (Å²) in [6, 6.07) is 9.22. The number of anilines is 1. The molecular formula is C18H19Cl3N4. The van der Waals surface area contributed by atoms with Gasteiger partial charge in [0.1, 0.15) is 5.69 Å². The molecule has 4 nitrogen and oxygen atoms in total. The predicted octanol–water partition coefficient (Wildman–Crippen LogP) is 5.68. The molecule has 0 heterocycles. The van der Waals surface area contributed by atoms with Gasteiger partial charge < -0.3 is 9.80 Å². The Kier molecular flexibility index (Phi) is 6.71. The lowest BCUT2D eigenvalue weighted by Gasteiger charge is -2.13. The first-order chi connectivity index (χ1) is 11.8. The van der Waals surface area contributed by atoms with Crippen molar-refractivity contribution in [2.24, 2.45) is 9.98 Å². The lowest BCUT2D eigenvalue weighted by atomic mass is 10.2. The monoisotopic (exact) mass is 396 g/mol. The summed E-state index contributed by atoms with van der Waals surface area (Å²) < 4.78 is 0. The smallest absolute Gasteiger partial charge is 0.102 e. The summed E-state index contributed by atoms with van der Waals surface area (Å²) in [5, 5.41) is 1.50. The highest BCUT2D eigenvalue weighted by atomic mass is 35.5. The Morgan fingerprint density at radius 1 is 0.840 bits per heavy atom. The van der Waals surface area contributed by atoms with Gasteiger partial charge in [0.2, 0.25) is 0 Å². The molecule has 132 valence electrons. The van der Waals surface area contributed by atoms with Crippen molar-refractivity contribution < 1.29 is 0 Å². The van der Waals surface area contributed by atoms with Gasteiger partial charge in [-0.3, -0.25) is 4.99 Å². The molecule has 0 aliphatic rings. The fourth-order valence-electron chi connectivity index (χ4n) is 1.97. The number of benzene rings is 2. The molecule has 0 fully saturated rings. The second-order valence-corrected chi connectivity index (χ2v) is 7.05. The standard InChI is InChI=1S/C18H19Cl3N4/c1-24(2)11-23-18-16(20)7-13(8-17(18)21)22-10-12-5-6-14(25(3)4)9-15(12)19/h5-11H,1-4H3. The third kappa shape index (κ3) is 5.36. The molecule has 25 heavy (non-hydrogen) atoms. The molecule has 0 N–H and O–H groups in total. The van der Waals surface area contributed by atoms with E-state index < -0.39 is 0 Å². The zero-order valence-corrected chi connectivity index (χ0v) is 16.7. The Labute approximate surface area is 163 Å². The summed E-state index contributed by atoms with van der Waals surface area (Å²) in [5.74, 6) is 0. The van der Waals surface area contributed by atoms with Crippen LogP contribution in [0.5, 0.6) is 0 Å². The Hall–Kier alpha value is -1.75. The van der Waals surface area contributed by atoms with Gasteiger partial charge in [-0.2, -0.15) is 0 Å². The molecular weight excluding hydrogens is 379 g/mol. The van der Waals surface area contributed by atoms with E-state index in [0.29, 0.717) is 26.4 Å². The Bertz CT molecular complexity index is 791. The van der Waals surface area contributed by atoms with Gasteiger partial charge in [-0.1, -0.05) is 34.8 Å². The molecule has 2 aromatic rings. The number of hydrogen-bond donors (Lipinski definition) is 0. The van der Waals surface area contributed by atoms with Gasteiger partial charge in [0.25, 0.3) is 0 Å². The molecule has 0 saturated heterocycles. The zero-order valence-electron chi connectivity index (χ0n) is 14.5. The van der Waals surface area contributed by atoms with Crippen LogP contribution >= 0.6 is 34.8 Å². The molecule has 0 aromatic heterocycles. The second-order valence-electron chi connectivity index (χ2n) is 5.82. The van der Waals surface area contributed by atoms with Crippen LogP contribution in [0, 0.1) is 0 Å². The van der Waals surface area contributed by atoms with Gasteiger partial charge in [0.15, 0.2) is 0 Å². The van der Waals surface area contributed by atoms with Crippen LogP contribution in [0.4, 0.5) is 17.1 Å². The van der Waals surface area contributed by atoms with E-state index in [2.05, 4.69) is 9.98 Å². The van der Waals surface area contributed by atoms with E-state index in [-0.39, 0.29) is 0 Å². The lowest BCUT2D eigenvalue weighted by Crippen LogP contribution is -2.08. The number of hydrogen-bond acceptors (Lipinski definition) is 3. The van der Waals surface area contributed by atoms with Crippen molar-refractivity contribution in [3.05, 3.63) is 51.0 Å². The first-order valence-electron chi connectivity index (χ1n) is 7.48. The third-order valence-electron chi connectivity index (χ3n) is 3.27. The molecule has 7 heteroatoms. The highest BCUT2D eigenvalue weighted by molar-refractivity contribution is 6.39. The van der Waals surface area contributed by atoms with Crippen molar-refractivity contribution >= 4 is 64.4 Å². The molecule has 0 bridgehead atoms. The van der Waals surface area contributed by atoms with Crippen LogP contribution < -0.4 is 4.90 Å². The molecule has 0 amide bonds. The quantitative estimate of drug-likeness (QED) is 0.480. The number of nitrogens with zero attached hydrogens (tertiary/aromatic N) is 4. The Morgan fingerprint density at radius 2 is 1.48 bits per heavy atom. The average molecular weight is 398 g/mol. The maximum absolute atomic E-state index is 6.30. The van der Waals surface area contributed by atoms with Gasteiger partial charge in [0.05, 0.1) is 27.1 Å². The minimum Gasteiger partial charge on any atom is -0.378 e. The normalized spacial score (nSPS) is 11.5. The minimum absolute atomic E-state index is 0.437. The second kappa shape index (κ2) is 8.56. The van der Waals surface area contributed by atoms with Crippen LogP contribution in [0.15, 0.2) is 40.3 Å². The third-order valence-corrected chi connectivity index (χ3v) is 4.18. The molecule has 0 aliphatic carbocycles. The number of aliphatic imine (C=N–C) groups is 2. The summed E-state index contributed by atoms with van der Waals surface area (Å²) in [4.78, 5) is 12.5. The van der Waals surface area contributed by atoms with E-state index in [9.17, 15) is 0 Å². The van der Waals surface area contributed by atoms with E-state index in [1.165, 1.54) is 0 Å². The molecule has 0 aliphatic heterocycles. The highest BCUT2D eigenvalue weighted by Crippen LogP contribution is 2.37. The molecule has 2 rings (SSSR count). The van der Waals surface area contributed by atoms with Crippen molar-refractivity contribution in [2.75, 3.05) is 33.1 Å². The van der Waals surface area contributed by atoms with Crippen LogP contribution in [0.25, 0.3) is 0 Å². The molecule has 0 saturated carbocycles. The van der Waals surface area contributed by atoms with Crippen LogP contribution in [0.1, 0.15) is 5.56 Å². The maximum Gasteiger partial charge on any atom is 0.102 e. The van der Waals surface area contributed by atoms with E-state index in [0.717, 1.165) is 11.3 Å². The van der Waals surface area contributed by atoms with Crippen molar-refractivity contribution in [3.8, 4) is 0 Å². The Morgan fingerprint density at radius 3 is 2.00 bits per heavy atom. The fraction of sp³-hybridized carbons (Fsp3) is 0.222. The van der Waals surface area contributed by atoms with Gasteiger partial charge in [-0.15, -0.1) is 0 Å². The van der Waals surface area contributed by atoms with Gasteiger partial charge in [-0.05, 0) is 30.3 Å². The number of rotatable bonds is 5. The van der Waals surface area contributed by atoms with Crippen molar-refractivity contribution in [3.63, 3.8) is 0 Å². The largest absolute Gasteiger partial charge is 0.378 e. The molecule has 0 radical (unpaired) electrons. The van der Waals surface area contributed by atoms with Gasteiger partial charge in [0, 0.05) is 45.7 Å². The summed E-state index contributed by atoms with van der Waals surface area (Å²) in [6.07, 6.45) is 3.33. The molecule has 0 atom stereocenters. The summed E-state index contributed by atoms with van der Waals surface area (Å²) in [6.45, 7) is 0. The molecule has 0 spiro atoms. The number of halogens is 3. The predicted molar refractivity (Wildman–Crippen MR) is 111 cm³/mol. The van der Waals surface area contributed by atoms with Crippen molar-refractivity contribution in [1.29, 1.82) is 0 Å². The fourth-order valence-corrected chi connectivity index (χ4v) is 2.76. The first-order valence-corrected chi connectivity index (χ1v) is 8.62. The maximum atomic E-state index is 6.30. The topological polar surface area (TPSA) is 31.2 Å². The van der Waals surface area contributed by atoms with Crippen molar-refractivity contribution in [1.82, 2.24) is 4.90 Å². The Balaban J connectivity index is 2.27. The van der Waals surface area contributed by atoms with E-state index in [1.54, 1.807) is 29.6 Å². The average Bonchev–Trinajstić information content (AvgIpc) is 2.52. The molecule has 2 aromatic carbocycles. The summed E-state index contributed by atoms with van der Waals surface area (Å²) in [7, 11) is 7.66. The van der Waals surface area contributed by atoms with E-state index in [4.69, 9.17) is 34.8 Å². The minimum atomic E-state index is 0.437. The lowest BCUT2D eigenvalue weighted by molar-refractivity contribution is 0.643. The molecule has 0 unspecified atom stereocenters.